The van der Waals surface area contributed by atoms with E-state index >= 15 is 0 Å². The molecule has 33 heavy (non-hydrogen) atoms. The smallest absolute Gasteiger partial charge is 0.0924 e. The van der Waals surface area contributed by atoms with Crippen LogP contribution in [0.25, 0.3) is 10.8 Å². The maximum atomic E-state index is 3.85. The molecular formula is C32H30Si. The van der Waals surface area contributed by atoms with Gasteiger partial charge in [0.1, 0.15) is 8.07 Å². The van der Waals surface area contributed by atoms with Gasteiger partial charge in [0.05, 0.1) is 0 Å². The third kappa shape index (κ3) is 4.45. The fraction of sp³-hybridized carbons (Fsp3) is 0.188. The van der Waals surface area contributed by atoms with Crippen molar-refractivity contribution in [2.75, 3.05) is 0 Å². The molecule has 1 aliphatic rings. The van der Waals surface area contributed by atoms with Crippen LogP contribution in [0.1, 0.15) is 36.8 Å². The topological polar surface area (TPSA) is 0 Å². The fourth-order valence-electron chi connectivity index (χ4n) is 5.13. The molecule has 0 nitrogen and oxygen atoms in total. The maximum absolute atomic E-state index is 3.85. The van der Waals surface area contributed by atoms with Gasteiger partial charge in [-0.2, -0.15) is 0 Å². The number of rotatable bonds is 4. The van der Waals surface area contributed by atoms with Gasteiger partial charge in [0.2, 0.25) is 0 Å². The molecule has 0 saturated carbocycles. The largest absolute Gasteiger partial charge is 0.134 e. The summed E-state index contributed by atoms with van der Waals surface area (Å²) < 4.78 is 0. The quantitative estimate of drug-likeness (QED) is 0.239. The Kier molecular flexibility index (Phi) is 6.29. The van der Waals surface area contributed by atoms with Crippen molar-refractivity contribution in [1.29, 1.82) is 0 Å². The zero-order chi connectivity index (χ0) is 22.5. The van der Waals surface area contributed by atoms with Crippen LogP contribution in [0, 0.1) is 11.8 Å². The van der Waals surface area contributed by atoms with Gasteiger partial charge < -0.3 is 0 Å². The van der Waals surface area contributed by atoms with Crippen LogP contribution in [0.3, 0.4) is 0 Å². The Hall–Kier alpha value is -3.34. The molecule has 0 saturated heterocycles. The van der Waals surface area contributed by atoms with Gasteiger partial charge in [0.25, 0.3) is 0 Å². The van der Waals surface area contributed by atoms with Crippen LogP contribution in [0.15, 0.2) is 115 Å². The number of benzene rings is 4. The lowest BCUT2D eigenvalue weighted by Crippen LogP contribution is -2.60. The van der Waals surface area contributed by atoms with E-state index in [1.165, 1.54) is 45.1 Å². The summed E-state index contributed by atoms with van der Waals surface area (Å²) in [6.07, 6.45) is 7.19. The van der Waals surface area contributed by atoms with Crippen LogP contribution in [-0.2, 0) is 0 Å². The zero-order valence-corrected chi connectivity index (χ0v) is 20.3. The monoisotopic (exact) mass is 442 g/mol. The molecule has 0 amide bonds. The molecule has 0 spiro atoms. The van der Waals surface area contributed by atoms with Crippen LogP contribution in [0.2, 0.25) is 6.55 Å². The van der Waals surface area contributed by atoms with Gasteiger partial charge in [-0.25, -0.2) is 0 Å². The van der Waals surface area contributed by atoms with Gasteiger partial charge in [-0.1, -0.05) is 138 Å². The van der Waals surface area contributed by atoms with Gasteiger partial charge in [0, 0.05) is 5.54 Å². The highest BCUT2D eigenvalue weighted by Crippen LogP contribution is 2.30. The minimum atomic E-state index is -2.24. The number of hydrogen-bond donors (Lipinski definition) is 0. The fourth-order valence-corrected chi connectivity index (χ4v) is 9.11. The first-order valence-electron chi connectivity index (χ1n) is 12.1. The summed E-state index contributed by atoms with van der Waals surface area (Å²) >= 11 is 0. The van der Waals surface area contributed by atoms with Gasteiger partial charge >= 0.3 is 0 Å². The Labute approximate surface area is 199 Å². The summed E-state index contributed by atoms with van der Waals surface area (Å²) in [4.78, 5) is 0. The second-order valence-corrected chi connectivity index (χ2v) is 13.4. The van der Waals surface area contributed by atoms with Crippen molar-refractivity contribution in [2.24, 2.45) is 0 Å². The molecule has 0 radical (unpaired) electrons. The van der Waals surface area contributed by atoms with E-state index in [-0.39, 0.29) is 5.54 Å². The minimum absolute atomic E-state index is 0.162. The molecule has 1 atom stereocenters. The molecule has 5 rings (SSSR count). The molecule has 1 aliphatic carbocycles. The summed E-state index contributed by atoms with van der Waals surface area (Å²) in [5.74, 6) is 7.51. The minimum Gasteiger partial charge on any atom is -0.0924 e. The van der Waals surface area contributed by atoms with E-state index in [2.05, 4.69) is 128 Å². The van der Waals surface area contributed by atoms with Crippen LogP contribution in [0.5, 0.6) is 0 Å². The van der Waals surface area contributed by atoms with Crippen molar-refractivity contribution in [3.05, 3.63) is 120 Å². The summed E-state index contributed by atoms with van der Waals surface area (Å²) in [7, 11) is -2.24. The van der Waals surface area contributed by atoms with E-state index in [0.29, 0.717) is 0 Å². The van der Waals surface area contributed by atoms with Crippen LogP contribution >= 0.6 is 0 Å². The van der Waals surface area contributed by atoms with E-state index in [1.54, 1.807) is 0 Å². The normalized spacial score (nSPS) is 14.8. The molecule has 0 fully saturated rings. The molecular weight excluding hydrogens is 412 g/mol. The second kappa shape index (κ2) is 9.65. The Morgan fingerprint density at radius 3 is 1.97 bits per heavy atom. The first kappa shape index (κ1) is 21.5. The average Bonchev–Trinajstić information content (AvgIpc) is 2.90. The highest BCUT2D eigenvalue weighted by Gasteiger charge is 2.40. The van der Waals surface area contributed by atoms with E-state index in [4.69, 9.17) is 0 Å². The Bertz CT molecular complexity index is 1280. The molecule has 0 aromatic heterocycles. The van der Waals surface area contributed by atoms with E-state index in [1.807, 2.05) is 0 Å². The molecule has 4 aromatic rings. The lowest BCUT2D eigenvalue weighted by atomic mass is 9.99. The molecule has 0 heterocycles. The van der Waals surface area contributed by atoms with Gasteiger partial charge in [-0.05, 0) is 47.6 Å². The molecule has 162 valence electrons. The summed E-state index contributed by atoms with van der Waals surface area (Å²) in [5, 5.41) is 5.43. The van der Waals surface area contributed by atoms with Crippen molar-refractivity contribution in [3.63, 3.8) is 0 Å². The summed E-state index contributed by atoms with van der Waals surface area (Å²) in [6.45, 7) is 2.50. The second-order valence-electron chi connectivity index (χ2n) is 9.22. The summed E-state index contributed by atoms with van der Waals surface area (Å²) in [5.41, 5.74) is 2.82. The van der Waals surface area contributed by atoms with Crippen molar-refractivity contribution in [2.45, 2.75) is 37.8 Å². The standard InChI is InChI=1S/C32H30Si/c1-33(30-17-7-3-8-18-30,31-19-9-4-10-20-31)32(24-21-26-13-5-2-6-14-26)29-23-22-27-15-11-12-16-28(27)25-29/h3-4,7-13,15-20,22-23,25,32H,2,5-6,14H2,1H3. The first-order valence-corrected chi connectivity index (χ1v) is 14.6. The SMILES string of the molecule is C[Si](c1ccccc1)(c1ccccc1)C(C#CC1=CCCCC1)c1ccc2ccccc2c1. The van der Waals surface area contributed by atoms with E-state index in [9.17, 15) is 0 Å². The molecule has 1 unspecified atom stereocenters. The highest BCUT2D eigenvalue weighted by molar-refractivity contribution is 7.02. The Morgan fingerprint density at radius 1 is 0.697 bits per heavy atom. The Morgan fingerprint density at radius 2 is 1.33 bits per heavy atom. The lowest BCUT2D eigenvalue weighted by Gasteiger charge is -2.35. The number of allylic oxidation sites excluding steroid dienone is 2. The third-order valence-corrected chi connectivity index (χ3v) is 11.8. The predicted molar refractivity (Wildman–Crippen MR) is 145 cm³/mol. The number of hydrogen-bond acceptors (Lipinski definition) is 0. The lowest BCUT2D eigenvalue weighted by molar-refractivity contribution is 0.715. The first-order chi connectivity index (χ1) is 16.2. The van der Waals surface area contributed by atoms with Gasteiger partial charge in [-0.15, -0.1) is 0 Å². The van der Waals surface area contributed by atoms with Crippen LogP contribution in [0.4, 0.5) is 0 Å². The summed E-state index contributed by atoms with van der Waals surface area (Å²) in [6, 6.07) is 37.8. The highest BCUT2D eigenvalue weighted by atomic mass is 28.3. The molecule has 1 heteroatoms. The third-order valence-electron chi connectivity index (χ3n) is 7.10. The molecule has 0 bridgehead atoms. The van der Waals surface area contributed by atoms with Crippen molar-refractivity contribution in [3.8, 4) is 11.8 Å². The molecule has 4 aromatic carbocycles. The van der Waals surface area contributed by atoms with Crippen molar-refractivity contribution < 1.29 is 0 Å². The van der Waals surface area contributed by atoms with E-state index < -0.39 is 8.07 Å². The average molecular weight is 443 g/mol. The zero-order valence-electron chi connectivity index (χ0n) is 19.3. The molecule has 0 N–H and O–H groups in total. The van der Waals surface area contributed by atoms with Crippen LogP contribution < -0.4 is 10.4 Å². The van der Waals surface area contributed by atoms with Crippen molar-refractivity contribution >= 4 is 29.2 Å². The predicted octanol–water partition coefficient (Wildman–Crippen LogP) is 6.86. The molecule has 0 aliphatic heterocycles. The number of fused-ring (bicyclic) bond motifs is 1. The maximum Gasteiger partial charge on any atom is 0.134 e. The van der Waals surface area contributed by atoms with Gasteiger partial charge in [0.15, 0.2) is 0 Å². The van der Waals surface area contributed by atoms with Crippen molar-refractivity contribution in [1.82, 2.24) is 0 Å². The van der Waals surface area contributed by atoms with Crippen LogP contribution in [-0.4, -0.2) is 8.07 Å². The van der Waals surface area contributed by atoms with E-state index in [0.717, 1.165) is 12.8 Å². The van der Waals surface area contributed by atoms with Gasteiger partial charge in [-0.3, -0.25) is 0 Å². The Balaban J connectivity index is 1.73.